The van der Waals surface area contributed by atoms with Crippen molar-refractivity contribution >= 4 is 0 Å². The van der Waals surface area contributed by atoms with Crippen molar-refractivity contribution in [2.75, 3.05) is 13.7 Å². The molecule has 0 radical (unpaired) electrons. The van der Waals surface area contributed by atoms with Crippen LogP contribution in [0.4, 0.5) is 0 Å². The first-order valence-corrected chi connectivity index (χ1v) is 7.34. The molecule has 1 aromatic rings. The lowest BCUT2D eigenvalue weighted by atomic mass is 9.97. The quantitative estimate of drug-likeness (QED) is 0.904. The number of fused-ring (bicyclic) bond motifs is 1. The zero-order valence-electron chi connectivity index (χ0n) is 11.8. The Labute approximate surface area is 115 Å². The Morgan fingerprint density at radius 2 is 2.32 bits per heavy atom. The van der Waals surface area contributed by atoms with E-state index >= 15 is 0 Å². The Kier molecular flexibility index (Phi) is 3.76. The van der Waals surface area contributed by atoms with E-state index in [2.05, 4.69) is 30.4 Å². The Balaban J connectivity index is 1.74. The SMILES string of the molecule is CNC(CC1CCCO1)c1ccc2c(c1)CC(C)O2. The van der Waals surface area contributed by atoms with E-state index in [9.17, 15) is 0 Å². The Morgan fingerprint density at radius 1 is 1.42 bits per heavy atom. The molecule has 0 bridgehead atoms. The molecule has 2 heterocycles. The summed E-state index contributed by atoms with van der Waals surface area (Å²) in [4.78, 5) is 0. The van der Waals surface area contributed by atoms with Gasteiger partial charge in [-0.15, -0.1) is 0 Å². The van der Waals surface area contributed by atoms with Gasteiger partial charge < -0.3 is 14.8 Å². The van der Waals surface area contributed by atoms with Gasteiger partial charge in [0.25, 0.3) is 0 Å². The Bertz CT molecular complexity index is 440. The molecule has 3 heteroatoms. The highest BCUT2D eigenvalue weighted by atomic mass is 16.5. The van der Waals surface area contributed by atoms with E-state index in [1.165, 1.54) is 24.0 Å². The normalized spacial score (nSPS) is 27.1. The maximum Gasteiger partial charge on any atom is 0.123 e. The van der Waals surface area contributed by atoms with Crippen molar-refractivity contribution in [3.63, 3.8) is 0 Å². The summed E-state index contributed by atoms with van der Waals surface area (Å²) >= 11 is 0. The zero-order valence-corrected chi connectivity index (χ0v) is 11.8. The maximum absolute atomic E-state index is 5.76. The summed E-state index contributed by atoms with van der Waals surface area (Å²) < 4.78 is 11.5. The third-order valence-corrected chi connectivity index (χ3v) is 4.19. The molecule has 2 aliphatic heterocycles. The molecule has 0 spiro atoms. The highest BCUT2D eigenvalue weighted by molar-refractivity contribution is 5.41. The molecule has 0 saturated carbocycles. The zero-order chi connectivity index (χ0) is 13.2. The lowest BCUT2D eigenvalue weighted by Crippen LogP contribution is -2.22. The second-order valence-electron chi connectivity index (χ2n) is 5.71. The van der Waals surface area contributed by atoms with Gasteiger partial charge in [0.15, 0.2) is 0 Å². The van der Waals surface area contributed by atoms with Crippen molar-refractivity contribution in [2.24, 2.45) is 0 Å². The van der Waals surface area contributed by atoms with Crippen molar-refractivity contribution < 1.29 is 9.47 Å². The average molecular weight is 261 g/mol. The fourth-order valence-corrected chi connectivity index (χ4v) is 3.17. The second-order valence-corrected chi connectivity index (χ2v) is 5.71. The van der Waals surface area contributed by atoms with Crippen LogP contribution in [-0.2, 0) is 11.2 Å². The highest BCUT2D eigenvalue weighted by Gasteiger charge is 2.24. The second kappa shape index (κ2) is 5.51. The minimum absolute atomic E-state index is 0.316. The lowest BCUT2D eigenvalue weighted by molar-refractivity contribution is 0.0954. The Morgan fingerprint density at radius 3 is 3.05 bits per heavy atom. The molecule has 0 amide bonds. The molecule has 1 saturated heterocycles. The van der Waals surface area contributed by atoms with Crippen molar-refractivity contribution in [2.45, 2.75) is 50.9 Å². The average Bonchev–Trinajstić information content (AvgIpc) is 3.02. The van der Waals surface area contributed by atoms with Gasteiger partial charge in [-0.3, -0.25) is 0 Å². The largest absolute Gasteiger partial charge is 0.490 e. The lowest BCUT2D eigenvalue weighted by Gasteiger charge is -2.20. The predicted octanol–water partition coefficient (Wildman–Crippen LogP) is 2.84. The highest BCUT2D eigenvalue weighted by Crippen LogP contribution is 2.33. The van der Waals surface area contributed by atoms with Crippen LogP contribution in [0, 0.1) is 0 Å². The summed E-state index contributed by atoms with van der Waals surface area (Å²) in [7, 11) is 2.03. The third kappa shape index (κ3) is 2.77. The van der Waals surface area contributed by atoms with Gasteiger partial charge in [0.1, 0.15) is 11.9 Å². The van der Waals surface area contributed by atoms with E-state index < -0.39 is 0 Å². The number of benzene rings is 1. The van der Waals surface area contributed by atoms with Crippen LogP contribution in [0.25, 0.3) is 0 Å². The smallest absolute Gasteiger partial charge is 0.123 e. The molecule has 104 valence electrons. The van der Waals surface area contributed by atoms with Gasteiger partial charge in [-0.2, -0.15) is 0 Å². The van der Waals surface area contributed by atoms with E-state index in [-0.39, 0.29) is 0 Å². The number of ether oxygens (including phenoxy) is 2. The first-order valence-electron chi connectivity index (χ1n) is 7.34. The van der Waals surface area contributed by atoms with E-state index in [1.54, 1.807) is 0 Å². The molecule has 3 nitrogen and oxygen atoms in total. The van der Waals surface area contributed by atoms with Crippen LogP contribution < -0.4 is 10.1 Å². The first kappa shape index (κ1) is 12.9. The topological polar surface area (TPSA) is 30.5 Å². The van der Waals surface area contributed by atoms with Gasteiger partial charge in [-0.25, -0.2) is 0 Å². The fraction of sp³-hybridized carbons (Fsp3) is 0.625. The minimum atomic E-state index is 0.316. The number of rotatable bonds is 4. The van der Waals surface area contributed by atoms with Crippen molar-refractivity contribution in [3.8, 4) is 5.75 Å². The van der Waals surface area contributed by atoms with Crippen molar-refractivity contribution in [1.29, 1.82) is 0 Å². The van der Waals surface area contributed by atoms with Crippen LogP contribution in [0.1, 0.15) is 43.4 Å². The van der Waals surface area contributed by atoms with E-state index in [4.69, 9.17) is 9.47 Å². The van der Waals surface area contributed by atoms with E-state index in [0.29, 0.717) is 18.2 Å². The molecule has 2 aliphatic rings. The van der Waals surface area contributed by atoms with Gasteiger partial charge in [-0.05, 0) is 50.4 Å². The van der Waals surface area contributed by atoms with Crippen LogP contribution >= 0.6 is 0 Å². The summed E-state index contributed by atoms with van der Waals surface area (Å²) in [5.41, 5.74) is 2.70. The minimum Gasteiger partial charge on any atom is -0.490 e. The molecular weight excluding hydrogens is 238 g/mol. The van der Waals surface area contributed by atoms with Crippen LogP contribution in [0.15, 0.2) is 18.2 Å². The molecule has 3 atom stereocenters. The van der Waals surface area contributed by atoms with Gasteiger partial charge in [0, 0.05) is 19.1 Å². The molecule has 1 aromatic carbocycles. The first-order chi connectivity index (χ1) is 9.26. The molecule has 3 rings (SSSR count). The summed E-state index contributed by atoms with van der Waals surface area (Å²) in [6.07, 6.45) is 5.22. The third-order valence-electron chi connectivity index (χ3n) is 4.19. The van der Waals surface area contributed by atoms with Crippen molar-refractivity contribution in [3.05, 3.63) is 29.3 Å². The maximum atomic E-state index is 5.76. The van der Waals surface area contributed by atoms with Gasteiger partial charge >= 0.3 is 0 Å². The Hall–Kier alpha value is -1.06. The monoisotopic (exact) mass is 261 g/mol. The fourth-order valence-electron chi connectivity index (χ4n) is 3.17. The van der Waals surface area contributed by atoms with Gasteiger partial charge in [0.05, 0.1) is 6.10 Å². The standard InChI is InChI=1S/C16H23NO2/c1-11-8-13-9-12(5-6-16(13)19-11)15(17-2)10-14-4-3-7-18-14/h5-6,9,11,14-15,17H,3-4,7-8,10H2,1-2H3. The van der Waals surface area contributed by atoms with Gasteiger partial charge in [0.2, 0.25) is 0 Å². The van der Waals surface area contributed by atoms with Crippen LogP contribution in [0.2, 0.25) is 0 Å². The van der Waals surface area contributed by atoms with Crippen molar-refractivity contribution in [1.82, 2.24) is 5.32 Å². The molecule has 0 aliphatic carbocycles. The summed E-state index contributed by atoms with van der Waals surface area (Å²) in [6, 6.07) is 6.99. The van der Waals surface area contributed by atoms with Gasteiger partial charge in [-0.1, -0.05) is 12.1 Å². The molecule has 1 N–H and O–H groups in total. The summed E-state index contributed by atoms with van der Waals surface area (Å²) in [5.74, 6) is 1.06. The van der Waals surface area contributed by atoms with Crippen LogP contribution in [-0.4, -0.2) is 25.9 Å². The molecule has 0 aromatic heterocycles. The molecular formula is C16H23NO2. The predicted molar refractivity (Wildman–Crippen MR) is 75.6 cm³/mol. The molecule has 1 fully saturated rings. The number of hydrogen-bond donors (Lipinski definition) is 1. The van der Waals surface area contributed by atoms with Crippen LogP contribution in [0.3, 0.4) is 0 Å². The summed E-state index contributed by atoms with van der Waals surface area (Å²) in [5, 5.41) is 3.43. The molecule has 3 unspecified atom stereocenters. The van der Waals surface area contributed by atoms with Crippen LogP contribution in [0.5, 0.6) is 5.75 Å². The van der Waals surface area contributed by atoms with E-state index in [0.717, 1.165) is 25.2 Å². The number of nitrogens with one attached hydrogen (secondary N) is 1. The molecule has 19 heavy (non-hydrogen) atoms. The van der Waals surface area contributed by atoms with E-state index in [1.807, 2.05) is 7.05 Å². The summed E-state index contributed by atoms with van der Waals surface area (Å²) in [6.45, 7) is 3.05. The number of hydrogen-bond acceptors (Lipinski definition) is 3.